The summed E-state index contributed by atoms with van der Waals surface area (Å²) in [6, 6.07) is 24.4. The molecule has 5 aromatic rings. The van der Waals surface area contributed by atoms with Gasteiger partial charge in [-0.2, -0.15) is 14.9 Å². The van der Waals surface area contributed by atoms with E-state index in [4.69, 9.17) is 10.7 Å². The van der Waals surface area contributed by atoms with Gasteiger partial charge in [0.25, 0.3) is 0 Å². The molecule has 34 heavy (non-hydrogen) atoms. The molecule has 0 aliphatic rings. The van der Waals surface area contributed by atoms with Crippen molar-refractivity contribution in [2.24, 2.45) is 0 Å². The number of nitrogens with two attached hydrogens (primary N) is 1. The Labute approximate surface area is 198 Å². The van der Waals surface area contributed by atoms with Crippen molar-refractivity contribution in [2.75, 3.05) is 5.73 Å². The predicted molar refractivity (Wildman–Crippen MR) is 135 cm³/mol. The lowest BCUT2D eigenvalue weighted by molar-refractivity contribution is 0.687. The van der Waals surface area contributed by atoms with Gasteiger partial charge in [-0.25, -0.2) is 4.98 Å². The second kappa shape index (κ2) is 8.13. The Kier molecular flexibility index (Phi) is 5.10. The first-order chi connectivity index (χ1) is 16.4. The molecule has 3 aromatic heterocycles. The average Bonchev–Trinajstić information content (AvgIpc) is 3.31. The van der Waals surface area contributed by atoms with Crippen LogP contribution in [0.2, 0.25) is 0 Å². The number of nitriles is 1. The Morgan fingerprint density at radius 3 is 2.24 bits per heavy atom. The zero-order valence-corrected chi connectivity index (χ0v) is 19.3. The highest BCUT2D eigenvalue weighted by Crippen LogP contribution is 2.32. The fourth-order valence-corrected chi connectivity index (χ4v) is 4.02. The normalized spacial score (nSPS) is 11.5. The van der Waals surface area contributed by atoms with Gasteiger partial charge in [0.05, 0.1) is 29.1 Å². The number of hydrogen-bond acceptors (Lipinski definition) is 5. The molecule has 0 aliphatic carbocycles. The Morgan fingerprint density at radius 2 is 1.59 bits per heavy atom. The van der Waals surface area contributed by atoms with E-state index in [1.165, 1.54) is 0 Å². The Hall–Kier alpha value is -4.50. The molecular weight excluding hydrogens is 420 g/mol. The van der Waals surface area contributed by atoms with E-state index in [9.17, 15) is 5.26 Å². The number of hydrogen-bond donors (Lipinski definition) is 1. The third-order valence-electron chi connectivity index (χ3n) is 6.23. The van der Waals surface area contributed by atoms with E-state index < -0.39 is 5.41 Å². The van der Waals surface area contributed by atoms with Gasteiger partial charge in [0.15, 0.2) is 5.65 Å². The number of nitrogen functional groups attached to an aromatic ring is 1. The lowest BCUT2D eigenvalue weighted by Gasteiger charge is -2.16. The van der Waals surface area contributed by atoms with Gasteiger partial charge < -0.3 is 5.73 Å². The molecular formula is C28H24N6. The molecule has 2 aromatic carbocycles. The molecule has 0 saturated carbocycles. The SMILES string of the molecule is Cc1c(-c2ccc(C(C)(C)C#N)cc2)nc2c(-c3ccc(-c4ccccc4)nc3)cnn2c1N. The summed E-state index contributed by atoms with van der Waals surface area (Å²) in [5, 5.41) is 13.9. The third-order valence-corrected chi connectivity index (χ3v) is 6.23. The van der Waals surface area contributed by atoms with Crippen LogP contribution in [0.4, 0.5) is 5.82 Å². The van der Waals surface area contributed by atoms with Gasteiger partial charge in [-0.15, -0.1) is 0 Å². The largest absolute Gasteiger partial charge is 0.383 e. The zero-order valence-electron chi connectivity index (χ0n) is 19.3. The molecule has 0 atom stereocenters. The minimum atomic E-state index is -0.554. The predicted octanol–water partition coefficient (Wildman–Crippen LogP) is 5.82. The lowest BCUT2D eigenvalue weighted by atomic mass is 9.86. The highest BCUT2D eigenvalue weighted by atomic mass is 15.3. The van der Waals surface area contributed by atoms with Crippen molar-refractivity contribution < 1.29 is 0 Å². The van der Waals surface area contributed by atoms with E-state index in [1.807, 2.05) is 93.7 Å². The van der Waals surface area contributed by atoms with Crippen LogP contribution in [0.15, 0.2) is 79.1 Å². The number of fused-ring (bicyclic) bond motifs is 1. The van der Waals surface area contributed by atoms with Crippen LogP contribution < -0.4 is 5.73 Å². The summed E-state index contributed by atoms with van der Waals surface area (Å²) >= 11 is 0. The first kappa shape index (κ1) is 21.4. The maximum Gasteiger partial charge on any atom is 0.165 e. The molecule has 6 nitrogen and oxygen atoms in total. The number of rotatable bonds is 4. The number of pyridine rings is 1. The molecule has 2 N–H and O–H groups in total. The maximum atomic E-state index is 9.44. The van der Waals surface area contributed by atoms with Crippen LogP contribution in [0.25, 0.3) is 39.3 Å². The van der Waals surface area contributed by atoms with E-state index in [0.717, 1.165) is 44.8 Å². The molecule has 0 radical (unpaired) electrons. The summed E-state index contributed by atoms with van der Waals surface area (Å²) in [6.45, 7) is 5.76. The standard InChI is InChI=1S/C28H24N6/c1-18-25(20-9-12-22(13-10-20)28(2,3)17-29)33-27-23(16-32-34(27)26(18)30)21-11-14-24(31-15-21)19-7-5-4-6-8-19/h4-16H,30H2,1-3H3. The van der Waals surface area contributed by atoms with Crippen molar-refractivity contribution in [1.29, 1.82) is 5.26 Å². The second-order valence-electron chi connectivity index (χ2n) is 8.88. The van der Waals surface area contributed by atoms with Crippen molar-refractivity contribution in [2.45, 2.75) is 26.2 Å². The fraction of sp³-hybridized carbons (Fsp3) is 0.143. The van der Waals surface area contributed by atoms with Gasteiger partial charge in [-0.05, 0) is 32.4 Å². The Balaban J connectivity index is 1.58. The molecule has 0 aliphatic heterocycles. The number of anilines is 1. The van der Waals surface area contributed by atoms with Gasteiger partial charge >= 0.3 is 0 Å². The molecule has 3 heterocycles. The minimum Gasteiger partial charge on any atom is -0.383 e. The topological polar surface area (TPSA) is 92.9 Å². The van der Waals surface area contributed by atoms with Crippen LogP contribution in [0, 0.1) is 18.3 Å². The molecule has 5 rings (SSSR count). The molecule has 0 bridgehead atoms. The van der Waals surface area contributed by atoms with Crippen LogP contribution in [-0.4, -0.2) is 19.6 Å². The zero-order chi connectivity index (χ0) is 23.9. The molecule has 0 saturated heterocycles. The van der Waals surface area contributed by atoms with Crippen LogP contribution in [0.3, 0.4) is 0 Å². The first-order valence-corrected chi connectivity index (χ1v) is 11.1. The van der Waals surface area contributed by atoms with Crippen molar-refractivity contribution in [3.8, 4) is 39.7 Å². The molecule has 166 valence electrons. The van der Waals surface area contributed by atoms with Gasteiger partial charge in [-0.3, -0.25) is 4.98 Å². The quantitative estimate of drug-likeness (QED) is 0.377. The third kappa shape index (κ3) is 3.57. The van der Waals surface area contributed by atoms with Crippen LogP contribution in [0.1, 0.15) is 25.0 Å². The van der Waals surface area contributed by atoms with E-state index in [1.54, 1.807) is 10.7 Å². The van der Waals surface area contributed by atoms with E-state index in [2.05, 4.69) is 16.2 Å². The van der Waals surface area contributed by atoms with Gasteiger partial charge in [0, 0.05) is 34.0 Å². The Bertz CT molecular complexity index is 1520. The lowest BCUT2D eigenvalue weighted by Crippen LogP contribution is -2.13. The monoisotopic (exact) mass is 444 g/mol. The molecule has 0 fully saturated rings. The molecule has 0 unspecified atom stereocenters. The molecule has 0 spiro atoms. The minimum absolute atomic E-state index is 0.543. The van der Waals surface area contributed by atoms with E-state index in [0.29, 0.717) is 11.5 Å². The van der Waals surface area contributed by atoms with Crippen LogP contribution in [0.5, 0.6) is 0 Å². The van der Waals surface area contributed by atoms with E-state index in [-0.39, 0.29) is 0 Å². The summed E-state index contributed by atoms with van der Waals surface area (Å²) in [6.07, 6.45) is 3.62. The van der Waals surface area contributed by atoms with Crippen LogP contribution in [-0.2, 0) is 5.41 Å². The summed E-state index contributed by atoms with van der Waals surface area (Å²) in [7, 11) is 0. The number of nitrogens with zero attached hydrogens (tertiary/aromatic N) is 5. The van der Waals surface area contributed by atoms with Crippen molar-refractivity contribution >= 4 is 11.5 Å². The summed E-state index contributed by atoms with van der Waals surface area (Å²) in [4.78, 5) is 9.61. The Morgan fingerprint density at radius 1 is 0.882 bits per heavy atom. The average molecular weight is 445 g/mol. The number of benzene rings is 2. The van der Waals surface area contributed by atoms with Gasteiger partial charge in [-0.1, -0.05) is 60.7 Å². The molecule has 6 heteroatoms. The fourth-order valence-electron chi connectivity index (χ4n) is 4.02. The summed E-state index contributed by atoms with van der Waals surface area (Å²) in [5.41, 5.74) is 13.9. The van der Waals surface area contributed by atoms with Crippen LogP contribution >= 0.6 is 0 Å². The highest BCUT2D eigenvalue weighted by molar-refractivity contribution is 5.82. The van der Waals surface area contributed by atoms with Crippen molar-refractivity contribution in [1.82, 2.24) is 19.6 Å². The summed E-state index contributed by atoms with van der Waals surface area (Å²) < 4.78 is 1.67. The van der Waals surface area contributed by atoms with Gasteiger partial charge in [0.1, 0.15) is 5.82 Å². The second-order valence-corrected chi connectivity index (χ2v) is 8.88. The van der Waals surface area contributed by atoms with E-state index >= 15 is 0 Å². The molecule has 0 amide bonds. The van der Waals surface area contributed by atoms with Crippen molar-refractivity contribution in [3.05, 3.63) is 90.3 Å². The smallest absolute Gasteiger partial charge is 0.165 e. The highest BCUT2D eigenvalue weighted by Gasteiger charge is 2.21. The van der Waals surface area contributed by atoms with Crippen molar-refractivity contribution in [3.63, 3.8) is 0 Å². The first-order valence-electron chi connectivity index (χ1n) is 11.1. The van der Waals surface area contributed by atoms with Gasteiger partial charge in [0.2, 0.25) is 0 Å². The maximum absolute atomic E-state index is 9.44. The number of aromatic nitrogens is 4. The summed E-state index contributed by atoms with van der Waals surface area (Å²) in [5.74, 6) is 0.543.